The van der Waals surface area contributed by atoms with Gasteiger partial charge < -0.3 is 9.47 Å². The van der Waals surface area contributed by atoms with Gasteiger partial charge >= 0.3 is 0 Å². The Bertz CT molecular complexity index is 880. The lowest BCUT2D eigenvalue weighted by atomic mass is 9.80. The minimum Gasteiger partial charge on any atom is -0.482 e. The van der Waals surface area contributed by atoms with Crippen molar-refractivity contribution in [1.82, 2.24) is 9.55 Å². The zero-order chi connectivity index (χ0) is 17.8. The van der Waals surface area contributed by atoms with Gasteiger partial charge in [0.15, 0.2) is 11.5 Å². The number of carbonyl (C=O) groups excluding carboxylic acids is 1. The van der Waals surface area contributed by atoms with Crippen LogP contribution in [0.3, 0.4) is 0 Å². The largest absolute Gasteiger partial charge is 0.482 e. The summed E-state index contributed by atoms with van der Waals surface area (Å²) >= 11 is 1.12. The molecule has 1 aromatic heterocycles. The summed E-state index contributed by atoms with van der Waals surface area (Å²) in [6.07, 6.45) is 9.86. The molecule has 6 nitrogen and oxygen atoms in total. The van der Waals surface area contributed by atoms with Crippen LogP contribution in [0.2, 0.25) is 0 Å². The van der Waals surface area contributed by atoms with Crippen molar-refractivity contribution in [2.24, 2.45) is 0 Å². The molecule has 1 aliphatic carbocycles. The molecule has 0 aromatic carbocycles. The number of allylic oxidation sites excluding steroid dienone is 2. The number of hydrogen-bond donors (Lipinski definition) is 0. The summed E-state index contributed by atoms with van der Waals surface area (Å²) in [6, 6.07) is 0. The summed E-state index contributed by atoms with van der Waals surface area (Å²) in [5.41, 5.74) is 3.57. The second-order valence-corrected chi connectivity index (χ2v) is 7.06. The van der Waals surface area contributed by atoms with E-state index in [-0.39, 0.29) is 6.10 Å². The molecule has 1 spiro atoms. The van der Waals surface area contributed by atoms with Gasteiger partial charge in [0.05, 0.1) is 19.0 Å². The Morgan fingerprint density at radius 3 is 2.84 bits per heavy atom. The Morgan fingerprint density at radius 1 is 1.36 bits per heavy atom. The highest BCUT2D eigenvalue weighted by Crippen LogP contribution is 2.53. The summed E-state index contributed by atoms with van der Waals surface area (Å²) in [5.74, 6) is 1.44. The quantitative estimate of drug-likeness (QED) is 0.469. The molecule has 1 aromatic rings. The normalized spacial score (nSPS) is 26.7. The lowest BCUT2D eigenvalue weighted by Crippen LogP contribution is -2.47. The molecule has 0 N–H and O–H groups in total. The molecular formula is C18H19N3O3S. The maximum Gasteiger partial charge on any atom is 0.219 e. The fraction of sp³-hybridized carbons (Fsp3) is 0.333. The molecule has 4 rings (SSSR count). The van der Waals surface area contributed by atoms with E-state index in [2.05, 4.69) is 35.9 Å². The molecule has 7 heteroatoms. The number of rotatable bonds is 4. The van der Waals surface area contributed by atoms with E-state index in [1.54, 1.807) is 20.4 Å². The molecule has 2 aliphatic heterocycles. The lowest BCUT2D eigenvalue weighted by molar-refractivity contribution is 0.157. The van der Waals surface area contributed by atoms with E-state index in [1.807, 2.05) is 16.7 Å². The van der Waals surface area contributed by atoms with Gasteiger partial charge in [-0.3, -0.25) is 14.3 Å². The molecule has 2 unspecified atom stereocenters. The molecule has 3 heterocycles. The number of nitrogens with zero attached hydrogens (tertiary/aromatic N) is 3. The van der Waals surface area contributed by atoms with Crippen LogP contribution in [-0.2, 0) is 14.3 Å². The smallest absolute Gasteiger partial charge is 0.219 e. The van der Waals surface area contributed by atoms with E-state index in [4.69, 9.17) is 9.47 Å². The standard InChI is InChI=1S/C18H19N3O3S/c1-11-8-18-7-5-6-13(23-3)21(18)17-19-9-14(25-10-22)20(17)16(18)12(2)15(11)24-4/h5-10,15H,1-4H3. The number of carbonyl (C=O) groups is 1. The van der Waals surface area contributed by atoms with Crippen molar-refractivity contribution in [3.05, 3.63) is 47.5 Å². The Balaban J connectivity index is 2.05. The predicted octanol–water partition coefficient (Wildman–Crippen LogP) is 2.99. The van der Waals surface area contributed by atoms with E-state index >= 15 is 0 Å². The molecule has 3 aliphatic rings. The van der Waals surface area contributed by atoms with Gasteiger partial charge in [0, 0.05) is 7.11 Å². The van der Waals surface area contributed by atoms with Crippen LogP contribution < -0.4 is 4.90 Å². The van der Waals surface area contributed by atoms with Crippen molar-refractivity contribution < 1.29 is 14.3 Å². The topological polar surface area (TPSA) is 56.6 Å². The molecule has 0 radical (unpaired) electrons. The van der Waals surface area contributed by atoms with Gasteiger partial charge in [-0.1, -0.05) is 6.08 Å². The summed E-state index contributed by atoms with van der Waals surface area (Å²) in [6.45, 7) is 4.14. The fourth-order valence-corrected chi connectivity index (χ4v) is 4.64. The average Bonchev–Trinajstić information content (AvgIpc) is 3.10. The molecule has 0 fully saturated rings. The molecule has 25 heavy (non-hydrogen) atoms. The van der Waals surface area contributed by atoms with Gasteiger partial charge in [-0.15, -0.1) is 0 Å². The molecule has 0 saturated heterocycles. The first-order valence-corrected chi connectivity index (χ1v) is 8.82. The van der Waals surface area contributed by atoms with Crippen molar-refractivity contribution in [1.29, 1.82) is 0 Å². The number of thioether (sulfide) groups is 1. The summed E-state index contributed by atoms with van der Waals surface area (Å²) < 4.78 is 13.4. The number of aromatic nitrogens is 2. The van der Waals surface area contributed by atoms with Crippen molar-refractivity contribution in [2.45, 2.75) is 30.5 Å². The Kier molecular flexibility index (Phi) is 3.66. The van der Waals surface area contributed by atoms with Crippen LogP contribution in [0.4, 0.5) is 5.95 Å². The van der Waals surface area contributed by atoms with E-state index < -0.39 is 5.54 Å². The van der Waals surface area contributed by atoms with Crippen LogP contribution in [0, 0.1) is 0 Å². The maximum absolute atomic E-state index is 11.1. The van der Waals surface area contributed by atoms with Crippen molar-refractivity contribution in [2.75, 3.05) is 19.1 Å². The zero-order valence-corrected chi connectivity index (χ0v) is 15.3. The summed E-state index contributed by atoms with van der Waals surface area (Å²) in [7, 11) is 3.36. The molecular weight excluding hydrogens is 338 g/mol. The Hall–Kier alpha value is -2.25. The lowest BCUT2D eigenvalue weighted by Gasteiger charge is -2.41. The minimum absolute atomic E-state index is 0.102. The number of hydrogen-bond acceptors (Lipinski definition) is 6. The average molecular weight is 357 g/mol. The van der Waals surface area contributed by atoms with E-state index in [1.165, 1.54) is 0 Å². The van der Waals surface area contributed by atoms with Crippen LogP contribution in [-0.4, -0.2) is 41.0 Å². The van der Waals surface area contributed by atoms with Crippen molar-refractivity contribution >= 4 is 29.0 Å². The summed E-state index contributed by atoms with van der Waals surface area (Å²) in [4.78, 5) is 17.8. The third kappa shape index (κ3) is 1.96. The first kappa shape index (κ1) is 16.2. The van der Waals surface area contributed by atoms with E-state index in [0.717, 1.165) is 45.2 Å². The van der Waals surface area contributed by atoms with E-state index in [0.29, 0.717) is 5.88 Å². The van der Waals surface area contributed by atoms with Gasteiger partial charge in [0.2, 0.25) is 5.95 Å². The van der Waals surface area contributed by atoms with Gasteiger partial charge in [0.1, 0.15) is 16.7 Å². The number of methoxy groups -OCH3 is 2. The van der Waals surface area contributed by atoms with Crippen molar-refractivity contribution in [3.63, 3.8) is 0 Å². The minimum atomic E-state index is -0.523. The first-order chi connectivity index (χ1) is 12.1. The third-order valence-corrected chi connectivity index (χ3v) is 5.56. The van der Waals surface area contributed by atoms with Crippen LogP contribution in [0.1, 0.15) is 13.8 Å². The SMILES string of the molecule is COC1=CC=CC23C=C(C)C(OC)C(C)=C2n2c(SC=O)cnc2N13. The number of fused-ring (bicyclic) bond motifs is 3. The van der Waals surface area contributed by atoms with Crippen LogP contribution in [0.25, 0.3) is 5.70 Å². The second kappa shape index (κ2) is 5.64. The number of imidazole rings is 1. The zero-order valence-electron chi connectivity index (χ0n) is 14.5. The second-order valence-electron chi connectivity index (χ2n) is 6.21. The molecule has 0 bridgehead atoms. The predicted molar refractivity (Wildman–Crippen MR) is 97.7 cm³/mol. The molecule has 2 atom stereocenters. The molecule has 130 valence electrons. The summed E-state index contributed by atoms with van der Waals surface area (Å²) in [5, 5.41) is 0.778. The Labute approximate surface area is 150 Å². The third-order valence-electron chi connectivity index (χ3n) is 4.94. The van der Waals surface area contributed by atoms with Gasteiger partial charge in [-0.05, 0) is 55.0 Å². The van der Waals surface area contributed by atoms with Crippen LogP contribution in [0.15, 0.2) is 52.6 Å². The maximum atomic E-state index is 11.1. The highest BCUT2D eigenvalue weighted by molar-refractivity contribution is 8.11. The highest BCUT2D eigenvalue weighted by atomic mass is 32.2. The fourth-order valence-electron chi connectivity index (χ4n) is 4.15. The molecule has 0 saturated carbocycles. The molecule has 0 amide bonds. The highest BCUT2D eigenvalue weighted by Gasteiger charge is 2.53. The Morgan fingerprint density at radius 2 is 2.16 bits per heavy atom. The number of ether oxygens (including phenoxy) is 2. The van der Waals surface area contributed by atoms with Gasteiger partial charge in [-0.2, -0.15) is 0 Å². The van der Waals surface area contributed by atoms with Gasteiger partial charge in [-0.25, -0.2) is 4.98 Å². The van der Waals surface area contributed by atoms with Crippen LogP contribution in [0.5, 0.6) is 0 Å². The van der Waals surface area contributed by atoms with E-state index in [9.17, 15) is 4.79 Å². The monoisotopic (exact) mass is 357 g/mol. The van der Waals surface area contributed by atoms with Crippen molar-refractivity contribution in [3.8, 4) is 0 Å². The first-order valence-electron chi connectivity index (χ1n) is 7.94. The van der Waals surface area contributed by atoms with Crippen LogP contribution >= 0.6 is 11.8 Å². The van der Waals surface area contributed by atoms with Gasteiger partial charge in [0.25, 0.3) is 0 Å². The number of anilines is 1.